The predicted octanol–water partition coefficient (Wildman–Crippen LogP) is 4.93. The molecule has 0 bridgehead atoms. The standard InChI is InChI=1S/C17H14N6O2S/c1-12-4-2-5-13(10-12)22(9-3-8-18)21-19-17-15-11-14(23(24)25)6-7-16(15)20-26-17/h2,4-7,10-11H,3,9H2,1H3/b21-19+. The molecule has 0 amide bonds. The molecule has 26 heavy (non-hydrogen) atoms. The Morgan fingerprint density at radius 3 is 2.92 bits per heavy atom. The molecule has 0 saturated heterocycles. The molecule has 0 unspecified atom stereocenters. The van der Waals surface area contributed by atoms with E-state index in [0.29, 0.717) is 28.9 Å². The number of fused-ring (bicyclic) bond motifs is 1. The van der Waals surface area contributed by atoms with Gasteiger partial charge in [-0.05, 0) is 42.2 Å². The molecule has 0 saturated carbocycles. The summed E-state index contributed by atoms with van der Waals surface area (Å²) in [5.41, 5.74) is 2.50. The molecule has 9 heteroatoms. The molecule has 1 aromatic heterocycles. The lowest BCUT2D eigenvalue weighted by atomic mass is 10.2. The average molecular weight is 366 g/mol. The molecule has 0 spiro atoms. The highest BCUT2D eigenvalue weighted by molar-refractivity contribution is 7.11. The van der Waals surface area contributed by atoms with Crippen molar-refractivity contribution in [3.8, 4) is 6.07 Å². The first-order valence-corrected chi connectivity index (χ1v) is 8.52. The fourth-order valence-corrected chi connectivity index (χ4v) is 3.05. The van der Waals surface area contributed by atoms with Crippen molar-refractivity contribution < 1.29 is 4.92 Å². The van der Waals surface area contributed by atoms with Gasteiger partial charge in [-0.1, -0.05) is 17.4 Å². The lowest BCUT2D eigenvalue weighted by Gasteiger charge is -2.16. The minimum Gasteiger partial charge on any atom is -0.258 e. The SMILES string of the molecule is Cc1cccc(N(CCC#N)/N=N/c2snc3ccc([N+](=O)[O-])cc23)c1. The van der Waals surface area contributed by atoms with Gasteiger partial charge in [-0.3, -0.25) is 10.1 Å². The Morgan fingerprint density at radius 2 is 2.19 bits per heavy atom. The van der Waals surface area contributed by atoms with Crippen LogP contribution in [0.1, 0.15) is 12.0 Å². The predicted molar refractivity (Wildman–Crippen MR) is 99.5 cm³/mol. The molecule has 1 heterocycles. The van der Waals surface area contributed by atoms with E-state index < -0.39 is 4.92 Å². The maximum Gasteiger partial charge on any atom is 0.270 e. The number of rotatable bonds is 6. The van der Waals surface area contributed by atoms with Crippen molar-refractivity contribution in [2.45, 2.75) is 13.3 Å². The van der Waals surface area contributed by atoms with Crippen molar-refractivity contribution in [2.75, 3.05) is 11.6 Å². The number of anilines is 1. The van der Waals surface area contributed by atoms with E-state index in [1.807, 2.05) is 31.2 Å². The van der Waals surface area contributed by atoms with Gasteiger partial charge in [0.1, 0.15) is 0 Å². The Hall–Kier alpha value is -3.38. The summed E-state index contributed by atoms with van der Waals surface area (Å²) in [5, 5.41) is 31.0. The van der Waals surface area contributed by atoms with E-state index in [1.165, 1.54) is 12.1 Å². The van der Waals surface area contributed by atoms with E-state index in [1.54, 1.807) is 11.1 Å². The van der Waals surface area contributed by atoms with Crippen molar-refractivity contribution in [3.05, 3.63) is 58.1 Å². The highest BCUT2D eigenvalue weighted by atomic mass is 32.1. The van der Waals surface area contributed by atoms with E-state index in [-0.39, 0.29) is 5.69 Å². The van der Waals surface area contributed by atoms with Gasteiger partial charge >= 0.3 is 0 Å². The van der Waals surface area contributed by atoms with Crippen molar-refractivity contribution >= 4 is 38.8 Å². The van der Waals surface area contributed by atoms with Gasteiger partial charge in [-0.15, -0.1) is 5.11 Å². The van der Waals surface area contributed by atoms with Gasteiger partial charge in [0.2, 0.25) is 0 Å². The molecule has 0 fully saturated rings. The van der Waals surface area contributed by atoms with Crippen LogP contribution in [-0.4, -0.2) is 15.8 Å². The van der Waals surface area contributed by atoms with Crippen molar-refractivity contribution in [3.63, 3.8) is 0 Å². The molecule has 0 aliphatic heterocycles. The van der Waals surface area contributed by atoms with Crippen LogP contribution >= 0.6 is 11.5 Å². The number of nitro groups is 1. The third-order valence-electron chi connectivity index (χ3n) is 3.63. The minimum atomic E-state index is -0.454. The van der Waals surface area contributed by atoms with Gasteiger partial charge in [0.15, 0.2) is 5.00 Å². The van der Waals surface area contributed by atoms with Crippen LogP contribution in [0.25, 0.3) is 10.9 Å². The third-order valence-corrected chi connectivity index (χ3v) is 4.39. The van der Waals surface area contributed by atoms with E-state index in [9.17, 15) is 10.1 Å². The maximum absolute atomic E-state index is 11.0. The number of aryl methyl sites for hydroxylation is 1. The van der Waals surface area contributed by atoms with Crippen LogP contribution in [-0.2, 0) is 0 Å². The molecule has 3 rings (SSSR count). The summed E-state index contributed by atoms with van der Waals surface area (Å²) in [4.78, 5) is 10.5. The second-order valence-electron chi connectivity index (χ2n) is 5.51. The maximum atomic E-state index is 11.0. The number of hydrogen-bond acceptors (Lipinski definition) is 7. The fraction of sp³-hybridized carbons (Fsp3) is 0.176. The van der Waals surface area contributed by atoms with E-state index in [0.717, 1.165) is 22.8 Å². The molecule has 0 atom stereocenters. The first-order chi connectivity index (χ1) is 12.6. The molecular weight excluding hydrogens is 352 g/mol. The zero-order valence-corrected chi connectivity index (χ0v) is 14.7. The van der Waals surface area contributed by atoms with E-state index >= 15 is 0 Å². The highest BCUT2D eigenvalue weighted by Crippen LogP contribution is 2.33. The summed E-state index contributed by atoms with van der Waals surface area (Å²) in [5.74, 6) is 0. The first-order valence-electron chi connectivity index (χ1n) is 7.75. The molecule has 0 radical (unpaired) electrons. The van der Waals surface area contributed by atoms with Crippen molar-refractivity contribution in [1.82, 2.24) is 4.37 Å². The number of non-ortho nitro benzene ring substituents is 1. The van der Waals surface area contributed by atoms with Crippen molar-refractivity contribution in [1.29, 1.82) is 5.26 Å². The average Bonchev–Trinajstić information content (AvgIpc) is 3.04. The quantitative estimate of drug-likeness (QED) is 0.349. The molecular formula is C17H14N6O2S. The Kier molecular flexibility index (Phi) is 5.15. The van der Waals surface area contributed by atoms with Gasteiger partial charge in [0.25, 0.3) is 5.69 Å². The number of nitrogens with zero attached hydrogens (tertiary/aromatic N) is 6. The second kappa shape index (κ2) is 7.67. The molecule has 8 nitrogen and oxygen atoms in total. The van der Waals surface area contributed by atoms with Crippen molar-refractivity contribution in [2.24, 2.45) is 10.3 Å². The normalized spacial score (nSPS) is 10.9. The number of aromatic nitrogens is 1. The van der Waals surface area contributed by atoms with Crippen LogP contribution in [0.4, 0.5) is 16.4 Å². The van der Waals surface area contributed by atoms with Gasteiger partial charge in [0, 0.05) is 17.5 Å². The number of hydrogen-bond donors (Lipinski definition) is 0. The summed E-state index contributed by atoms with van der Waals surface area (Å²) in [6.07, 6.45) is 0.294. The Morgan fingerprint density at radius 1 is 1.35 bits per heavy atom. The zero-order chi connectivity index (χ0) is 18.5. The number of nitriles is 1. The number of nitro benzene ring substituents is 1. The van der Waals surface area contributed by atoms with Crippen LogP contribution in [0.3, 0.4) is 0 Å². The Labute approximate surface area is 153 Å². The van der Waals surface area contributed by atoms with Crippen LogP contribution in [0, 0.1) is 28.4 Å². The largest absolute Gasteiger partial charge is 0.270 e. The summed E-state index contributed by atoms with van der Waals surface area (Å²) in [7, 11) is 0. The van der Waals surface area contributed by atoms with Gasteiger partial charge < -0.3 is 0 Å². The molecule has 3 aromatic rings. The third kappa shape index (κ3) is 3.81. The molecule has 2 aromatic carbocycles. The fourth-order valence-electron chi connectivity index (χ4n) is 2.37. The molecule has 0 aliphatic rings. The number of benzene rings is 2. The summed E-state index contributed by atoms with van der Waals surface area (Å²) < 4.78 is 4.24. The van der Waals surface area contributed by atoms with Gasteiger partial charge in [-0.2, -0.15) is 9.64 Å². The first kappa shape index (κ1) is 17.4. The summed E-state index contributed by atoms with van der Waals surface area (Å²) in [6.45, 7) is 2.36. The second-order valence-corrected chi connectivity index (χ2v) is 6.26. The topological polar surface area (TPSA) is 108 Å². The van der Waals surface area contributed by atoms with Gasteiger partial charge in [-0.25, -0.2) is 5.01 Å². The van der Waals surface area contributed by atoms with Crippen LogP contribution in [0.5, 0.6) is 0 Å². The molecule has 0 aliphatic carbocycles. The smallest absolute Gasteiger partial charge is 0.258 e. The molecule has 130 valence electrons. The van der Waals surface area contributed by atoms with Gasteiger partial charge in [0.05, 0.1) is 35.2 Å². The lowest BCUT2D eigenvalue weighted by Crippen LogP contribution is -2.16. The molecule has 0 N–H and O–H groups in total. The highest BCUT2D eigenvalue weighted by Gasteiger charge is 2.13. The summed E-state index contributed by atoms with van der Waals surface area (Å²) in [6, 6.07) is 14.3. The minimum absolute atomic E-state index is 0.0193. The monoisotopic (exact) mass is 366 g/mol. The van der Waals surface area contributed by atoms with E-state index in [2.05, 4.69) is 20.8 Å². The van der Waals surface area contributed by atoms with Crippen LogP contribution in [0.2, 0.25) is 0 Å². The van der Waals surface area contributed by atoms with E-state index in [4.69, 9.17) is 5.26 Å². The zero-order valence-electron chi connectivity index (χ0n) is 13.9. The van der Waals surface area contributed by atoms with Crippen LogP contribution in [0.15, 0.2) is 52.8 Å². The Bertz CT molecular complexity index is 1020. The Balaban J connectivity index is 1.94. The summed E-state index contributed by atoms with van der Waals surface area (Å²) >= 11 is 1.12. The van der Waals surface area contributed by atoms with Crippen LogP contribution < -0.4 is 5.01 Å². The lowest BCUT2D eigenvalue weighted by molar-refractivity contribution is -0.384.